The number of hydrogen-bond donors (Lipinski definition) is 0. The van der Waals surface area contributed by atoms with Crippen LogP contribution in [0.2, 0.25) is 0 Å². The second-order valence-corrected chi connectivity index (χ2v) is 5.13. The summed E-state index contributed by atoms with van der Waals surface area (Å²) in [6.07, 6.45) is 6.66. The zero-order valence-corrected chi connectivity index (χ0v) is 10.5. The summed E-state index contributed by atoms with van der Waals surface area (Å²) in [6.45, 7) is 2.05. The molecule has 1 aliphatic carbocycles. The van der Waals surface area contributed by atoms with Crippen molar-refractivity contribution in [3.63, 3.8) is 0 Å². The van der Waals surface area contributed by atoms with E-state index >= 15 is 0 Å². The molecule has 4 nitrogen and oxygen atoms in total. The monoisotopic (exact) mass is 249 g/mol. The summed E-state index contributed by atoms with van der Waals surface area (Å²) in [7, 11) is 0. The fraction of sp³-hybridized carbons (Fsp3) is 0.643. The Morgan fingerprint density at radius 3 is 3.11 bits per heavy atom. The van der Waals surface area contributed by atoms with Crippen LogP contribution in [0.4, 0.5) is 0 Å². The fourth-order valence-corrected chi connectivity index (χ4v) is 3.07. The number of nitrogens with zero attached hydrogens (tertiary/aromatic N) is 1. The summed E-state index contributed by atoms with van der Waals surface area (Å²) >= 11 is 0. The second-order valence-electron chi connectivity index (χ2n) is 5.13. The molecule has 0 radical (unpaired) electrons. The third-order valence-corrected chi connectivity index (χ3v) is 3.99. The van der Waals surface area contributed by atoms with Crippen LogP contribution in [0.3, 0.4) is 0 Å². The number of fused-ring (bicyclic) bond motifs is 1. The molecule has 2 heterocycles. The molecule has 2 fully saturated rings. The van der Waals surface area contributed by atoms with Gasteiger partial charge in [-0.2, -0.15) is 0 Å². The third kappa shape index (κ3) is 2.35. The van der Waals surface area contributed by atoms with Crippen LogP contribution in [0.1, 0.15) is 36.2 Å². The highest BCUT2D eigenvalue weighted by atomic mass is 16.5. The molecule has 2 unspecified atom stereocenters. The lowest BCUT2D eigenvalue weighted by Crippen LogP contribution is -2.53. The van der Waals surface area contributed by atoms with Crippen molar-refractivity contribution < 1.29 is 13.9 Å². The molecule has 1 saturated carbocycles. The first-order chi connectivity index (χ1) is 8.84. The van der Waals surface area contributed by atoms with E-state index < -0.39 is 0 Å². The van der Waals surface area contributed by atoms with Gasteiger partial charge in [0.15, 0.2) is 5.76 Å². The Kier molecular flexibility index (Phi) is 3.48. The van der Waals surface area contributed by atoms with Gasteiger partial charge in [-0.05, 0) is 25.0 Å². The highest BCUT2D eigenvalue weighted by Crippen LogP contribution is 2.28. The predicted octanol–water partition coefficient (Wildman–Crippen LogP) is 2.11. The van der Waals surface area contributed by atoms with Crippen LogP contribution in [-0.2, 0) is 4.74 Å². The molecule has 1 aliphatic heterocycles. The first-order valence-electron chi connectivity index (χ1n) is 6.77. The molecule has 18 heavy (non-hydrogen) atoms. The molecule has 2 atom stereocenters. The van der Waals surface area contributed by atoms with Gasteiger partial charge in [0.05, 0.1) is 25.5 Å². The SMILES string of the molecule is O=C(CN1CCOC2CCCCC21)c1ccco1. The Labute approximate surface area is 107 Å². The standard InChI is InChI=1S/C14H19NO3/c16-12(14-6-3-8-17-14)10-15-7-9-18-13-5-2-1-4-11(13)15/h3,6,8,11,13H,1-2,4-5,7,9-10H2. The average molecular weight is 249 g/mol. The van der Waals surface area contributed by atoms with Crippen molar-refractivity contribution in [2.75, 3.05) is 19.7 Å². The van der Waals surface area contributed by atoms with Gasteiger partial charge in [0.2, 0.25) is 5.78 Å². The summed E-state index contributed by atoms with van der Waals surface area (Å²) in [5, 5.41) is 0. The maximum Gasteiger partial charge on any atom is 0.211 e. The second kappa shape index (κ2) is 5.24. The van der Waals surface area contributed by atoms with E-state index in [9.17, 15) is 4.79 Å². The van der Waals surface area contributed by atoms with Crippen molar-refractivity contribution in [3.8, 4) is 0 Å². The smallest absolute Gasteiger partial charge is 0.211 e. The molecular weight excluding hydrogens is 230 g/mol. The van der Waals surface area contributed by atoms with Gasteiger partial charge in [0.1, 0.15) is 0 Å². The van der Waals surface area contributed by atoms with Gasteiger partial charge in [-0.25, -0.2) is 0 Å². The lowest BCUT2D eigenvalue weighted by molar-refractivity contribution is -0.0847. The van der Waals surface area contributed by atoms with Gasteiger partial charge < -0.3 is 9.15 Å². The van der Waals surface area contributed by atoms with E-state index in [1.807, 2.05) is 0 Å². The fourth-order valence-electron chi connectivity index (χ4n) is 3.07. The van der Waals surface area contributed by atoms with Crippen LogP contribution >= 0.6 is 0 Å². The molecule has 0 spiro atoms. The van der Waals surface area contributed by atoms with Crippen LogP contribution in [-0.4, -0.2) is 42.5 Å². The Bertz CT molecular complexity index is 399. The first-order valence-corrected chi connectivity index (χ1v) is 6.77. The minimum absolute atomic E-state index is 0.0752. The number of carbonyl (C=O) groups excluding carboxylic acids is 1. The number of ether oxygens (including phenoxy) is 1. The molecule has 0 aromatic carbocycles. The van der Waals surface area contributed by atoms with Gasteiger partial charge in [-0.15, -0.1) is 0 Å². The maximum absolute atomic E-state index is 12.1. The maximum atomic E-state index is 12.1. The minimum atomic E-state index is 0.0752. The number of furan rings is 1. The number of hydrogen-bond acceptors (Lipinski definition) is 4. The molecule has 3 rings (SSSR count). The van der Waals surface area contributed by atoms with Crippen molar-refractivity contribution in [1.82, 2.24) is 4.90 Å². The minimum Gasteiger partial charge on any atom is -0.461 e. The topological polar surface area (TPSA) is 42.7 Å². The zero-order valence-electron chi connectivity index (χ0n) is 10.5. The van der Waals surface area contributed by atoms with Gasteiger partial charge in [0, 0.05) is 12.6 Å². The molecule has 0 N–H and O–H groups in total. The highest BCUT2D eigenvalue weighted by Gasteiger charge is 2.35. The number of Topliss-reactive ketones (excluding diaryl/α,β-unsaturated/α-hetero) is 1. The summed E-state index contributed by atoms with van der Waals surface area (Å²) in [5.74, 6) is 0.542. The van der Waals surface area contributed by atoms with E-state index in [-0.39, 0.29) is 5.78 Å². The number of morpholine rings is 1. The van der Waals surface area contributed by atoms with Crippen molar-refractivity contribution >= 4 is 5.78 Å². The van der Waals surface area contributed by atoms with Crippen LogP contribution in [0.25, 0.3) is 0 Å². The van der Waals surface area contributed by atoms with E-state index in [0.29, 0.717) is 24.5 Å². The van der Waals surface area contributed by atoms with E-state index in [4.69, 9.17) is 9.15 Å². The summed E-state index contributed by atoms with van der Waals surface area (Å²) in [6, 6.07) is 3.92. The van der Waals surface area contributed by atoms with Gasteiger partial charge in [-0.3, -0.25) is 9.69 Å². The Morgan fingerprint density at radius 1 is 1.39 bits per heavy atom. The van der Waals surface area contributed by atoms with Crippen molar-refractivity contribution in [1.29, 1.82) is 0 Å². The summed E-state index contributed by atoms with van der Waals surface area (Å²) < 4.78 is 11.0. The average Bonchev–Trinajstić information content (AvgIpc) is 2.93. The number of carbonyl (C=O) groups is 1. The molecule has 0 amide bonds. The molecule has 1 aromatic heterocycles. The van der Waals surface area contributed by atoms with Crippen LogP contribution in [0.5, 0.6) is 0 Å². The van der Waals surface area contributed by atoms with E-state index in [0.717, 1.165) is 26.0 Å². The van der Waals surface area contributed by atoms with Crippen LogP contribution < -0.4 is 0 Å². The number of ketones is 1. The van der Waals surface area contributed by atoms with Gasteiger partial charge in [-0.1, -0.05) is 12.8 Å². The largest absolute Gasteiger partial charge is 0.461 e. The lowest BCUT2D eigenvalue weighted by Gasteiger charge is -2.43. The molecule has 0 bridgehead atoms. The summed E-state index contributed by atoms with van der Waals surface area (Å²) in [5.41, 5.74) is 0. The zero-order chi connectivity index (χ0) is 12.4. The van der Waals surface area contributed by atoms with E-state index in [2.05, 4.69) is 4.90 Å². The van der Waals surface area contributed by atoms with Gasteiger partial charge in [0.25, 0.3) is 0 Å². The molecular formula is C14H19NO3. The summed E-state index contributed by atoms with van der Waals surface area (Å²) in [4.78, 5) is 14.3. The van der Waals surface area contributed by atoms with Crippen molar-refractivity contribution in [3.05, 3.63) is 24.2 Å². The molecule has 2 aliphatic rings. The quantitative estimate of drug-likeness (QED) is 0.769. The van der Waals surface area contributed by atoms with E-state index in [1.165, 1.54) is 12.8 Å². The number of rotatable bonds is 3. The lowest BCUT2D eigenvalue weighted by atomic mass is 9.90. The Balaban J connectivity index is 1.66. The normalized spacial score (nSPS) is 28.9. The van der Waals surface area contributed by atoms with Crippen LogP contribution in [0.15, 0.2) is 22.8 Å². The Morgan fingerprint density at radius 2 is 2.28 bits per heavy atom. The first kappa shape index (κ1) is 11.9. The third-order valence-electron chi connectivity index (χ3n) is 3.99. The molecule has 1 saturated heterocycles. The Hall–Kier alpha value is -1.13. The van der Waals surface area contributed by atoms with Crippen molar-refractivity contribution in [2.24, 2.45) is 0 Å². The van der Waals surface area contributed by atoms with Crippen LogP contribution in [0, 0.1) is 0 Å². The molecule has 98 valence electrons. The highest BCUT2D eigenvalue weighted by molar-refractivity contribution is 5.95. The molecule has 1 aromatic rings. The molecule has 4 heteroatoms. The van der Waals surface area contributed by atoms with E-state index in [1.54, 1.807) is 18.4 Å². The predicted molar refractivity (Wildman–Crippen MR) is 66.6 cm³/mol. The van der Waals surface area contributed by atoms with Gasteiger partial charge >= 0.3 is 0 Å². The van der Waals surface area contributed by atoms with Crippen molar-refractivity contribution in [2.45, 2.75) is 37.8 Å².